The molecule has 324 valence electrons. The van der Waals surface area contributed by atoms with E-state index in [0.29, 0.717) is 5.92 Å². The Morgan fingerprint density at radius 1 is 0.569 bits per heavy atom. The molecule has 0 spiro atoms. The second kappa shape index (κ2) is 14.0. The maximum Gasteiger partial charge on any atom is 0.328 e. The van der Waals surface area contributed by atoms with Gasteiger partial charge in [0.1, 0.15) is 0 Å². The first-order valence-electron chi connectivity index (χ1n) is 24.3. The van der Waals surface area contributed by atoms with Crippen molar-refractivity contribution in [3.05, 3.63) is 156 Å². The number of hydrogen-bond acceptors (Lipinski definition) is 3. The zero-order valence-electron chi connectivity index (χ0n) is 40.0. The Morgan fingerprint density at radius 3 is 1.95 bits per heavy atom. The largest absolute Gasteiger partial charge is 0.400 e. The maximum atomic E-state index is 3.00. The number of nitrogens with zero attached hydrogens (tertiary/aromatic N) is 2. The van der Waals surface area contributed by atoms with Gasteiger partial charge < -0.3 is 9.71 Å². The highest BCUT2D eigenvalue weighted by Crippen LogP contribution is 2.64. The molecule has 0 radical (unpaired) electrons. The molecule has 7 aromatic carbocycles. The van der Waals surface area contributed by atoms with Gasteiger partial charge in [0.05, 0.1) is 5.69 Å². The normalized spacial score (nSPS) is 19.8. The minimum absolute atomic E-state index is 0.00539. The molecule has 1 saturated carbocycles. The summed E-state index contributed by atoms with van der Waals surface area (Å²) in [6.45, 7) is 24.2. The van der Waals surface area contributed by atoms with Gasteiger partial charge in [0.25, 0.3) is 0 Å². The summed E-state index contributed by atoms with van der Waals surface area (Å²) in [5.41, 5.74) is 21.6. The Bertz CT molecular complexity index is 3260. The Kier molecular flexibility index (Phi) is 8.79. The summed E-state index contributed by atoms with van der Waals surface area (Å²) < 4.78 is 2.74. The SMILES string of the molecule is CC(C)c1ccc2sc3cc4c(cc3c2c1)N(c1ccc(C(C)(C)C)cc1-c1ccccc1)c1cc(-c2ccccc2)cc2c1B4N1c3c-2cc(C(C)(C)C)cc3C2(C)CCCCC12C. The number of hydrogen-bond donors (Lipinski definition) is 0. The molecule has 8 aromatic rings. The molecule has 4 heteroatoms. The number of fused-ring (bicyclic) bond motifs is 10. The van der Waals surface area contributed by atoms with Crippen molar-refractivity contribution in [2.45, 2.75) is 123 Å². The first-order valence-corrected chi connectivity index (χ1v) is 25.1. The number of thiophene rings is 1. The summed E-state index contributed by atoms with van der Waals surface area (Å²) >= 11 is 1.97. The van der Waals surface area contributed by atoms with E-state index in [2.05, 4.69) is 212 Å². The lowest BCUT2D eigenvalue weighted by molar-refractivity contribution is 0.199. The number of anilines is 4. The lowest BCUT2D eigenvalue weighted by Crippen LogP contribution is -2.70. The third-order valence-electron chi connectivity index (χ3n) is 16.5. The van der Waals surface area contributed by atoms with E-state index in [4.69, 9.17) is 0 Å². The van der Waals surface area contributed by atoms with Crippen molar-refractivity contribution in [3.63, 3.8) is 0 Å². The van der Waals surface area contributed by atoms with Crippen LogP contribution in [0.2, 0.25) is 0 Å². The van der Waals surface area contributed by atoms with Crippen LogP contribution in [0.5, 0.6) is 0 Å². The Labute approximate surface area is 391 Å². The van der Waals surface area contributed by atoms with Gasteiger partial charge in [0, 0.05) is 59.3 Å². The van der Waals surface area contributed by atoms with Gasteiger partial charge in [-0.05, 0) is 147 Å². The van der Waals surface area contributed by atoms with E-state index in [9.17, 15) is 0 Å². The molecule has 65 heavy (non-hydrogen) atoms. The summed E-state index contributed by atoms with van der Waals surface area (Å²) in [4.78, 5) is 5.71. The summed E-state index contributed by atoms with van der Waals surface area (Å²) in [6, 6.07) is 52.5. The molecule has 1 aromatic heterocycles. The van der Waals surface area contributed by atoms with E-state index in [1.807, 2.05) is 11.3 Å². The van der Waals surface area contributed by atoms with E-state index >= 15 is 0 Å². The first-order chi connectivity index (χ1) is 31.0. The molecule has 12 rings (SSSR count). The average molecular weight is 865 g/mol. The Morgan fingerprint density at radius 2 is 1.25 bits per heavy atom. The molecule has 0 amide bonds. The Hall–Kier alpha value is -5.58. The van der Waals surface area contributed by atoms with Crippen molar-refractivity contribution in [3.8, 4) is 33.4 Å². The molecule has 4 aliphatic rings. The fraction of sp³-hybridized carbons (Fsp3) is 0.311. The van der Waals surface area contributed by atoms with Crippen LogP contribution in [0, 0.1) is 0 Å². The smallest absolute Gasteiger partial charge is 0.328 e. The van der Waals surface area contributed by atoms with Crippen LogP contribution in [0.1, 0.15) is 123 Å². The molecule has 2 atom stereocenters. The van der Waals surface area contributed by atoms with Crippen LogP contribution in [0.3, 0.4) is 0 Å². The second-order valence-electron chi connectivity index (χ2n) is 22.7. The fourth-order valence-corrected chi connectivity index (χ4v) is 13.6. The third kappa shape index (κ3) is 5.84. The van der Waals surface area contributed by atoms with Crippen molar-refractivity contribution in [1.29, 1.82) is 0 Å². The highest BCUT2D eigenvalue weighted by atomic mass is 32.1. The summed E-state index contributed by atoms with van der Waals surface area (Å²) in [5, 5.41) is 2.72. The quantitative estimate of drug-likeness (QED) is 0.163. The topological polar surface area (TPSA) is 6.48 Å². The van der Waals surface area contributed by atoms with Gasteiger partial charge in [-0.3, -0.25) is 0 Å². The van der Waals surface area contributed by atoms with E-state index in [-0.39, 0.29) is 28.6 Å². The van der Waals surface area contributed by atoms with Gasteiger partial charge in [-0.15, -0.1) is 11.3 Å². The molecular formula is C61H61BN2S. The Balaban J connectivity index is 1.26. The van der Waals surface area contributed by atoms with Gasteiger partial charge in [-0.1, -0.05) is 154 Å². The lowest BCUT2D eigenvalue weighted by Gasteiger charge is -2.55. The molecule has 1 aliphatic carbocycles. The van der Waals surface area contributed by atoms with Crippen LogP contribution in [0.15, 0.2) is 133 Å². The minimum atomic E-state index is -0.0686. The number of rotatable bonds is 4. The van der Waals surface area contributed by atoms with Crippen LogP contribution in [-0.4, -0.2) is 12.4 Å². The predicted molar refractivity (Wildman–Crippen MR) is 284 cm³/mol. The van der Waals surface area contributed by atoms with Crippen LogP contribution in [0.25, 0.3) is 53.6 Å². The van der Waals surface area contributed by atoms with E-state index < -0.39 is 0 Å². The van der Waals surface area contributed by atoms with E-state index in [1.54, 1.807) is 5.56 Å². The fourth-order valence-electron chi connectivity index (χ4n) is 12.5. The molecule has 0 saturated heterocycles. The van der Waals surface area contributed by atoms with Gasteiger partial charge in [0.15, 0.2) is 0 Å². The van der Waals surface area contributed by atoms with Gasteiger partial charge >= 0.3 is 6.85 Å². The molecule has 2 unspecified atom stereocenters. The molecule has 4 heterocycles. The third-order valence-corrected chi connectivity index (χ3v) is 17.6. The highest BCUT2D eigenvalue weighted by molar-refractivity contribution is 7.26. The average Bonchev–Trinajstić information content (AvgIpc) is 3.75. The van der Waals surface area contributed by atoms with E-state index in [0.717, 1.165) is 0 Å². The second-order valence-corrected chi connectivity index (χ2v) is 23.8. The van der Waals surface area contributed by atoms with Gasteiger partial charge in [-0.25, -0.2) is 0 Å². The van der Waals surface area contributed by atoms with Crippen molar-refractivity contribution in [2.24, 2.45) is 0 Å². The molecule has 0 N–H and O–H groups in total. The monoisotopic (exact) mass is 864 g/mol. The summed E-state index contributed by atoms with van der Waals surface area (Å²) in [7, 11) is 0. The van der Waals surface area contributed by atoms with Crippen LogP contribution in [0.4, 0.5) is 22.7 Å². The maximum absolute atomic E-state index is 3.00. The summed E-state index contributed by atoms with van der Waals surface area (Å²) in [6.07, 6.45) is 4.91. The van der Waals surface area contributed by atoms with Crippen molar-refractivity contribution in [2.75, 3.05) is 9.71 Å². The number of benzene rings is 7. The zero-order chi connectivity index (χ0) is 44.9. The van der Waals surface area contributed by atoms with Crippen molar-refractivity contribution >= 4 is 72.0 Å². The lowest BCUT2D eigenvalue weighted by atomic mass is 9.42. The van der Waals surface area contributed by atoms with Gasteiger partial charge in [-0.2, -0.15) is 0 Å². The van der Waals surface area contributed by atoms with Crippen LogP contribution < -0.4 is 20.6 Å². The van der Waals surface area contributed by atoms with Crippen LogP contribution >= 0.6 is 11.3 Å². The molecular weight excluding hydrogens is 804 g/mol. The van der Waals surface area contributed by atoms with E-state index in [1.165, 1.54) is 130 Å². The van der Waals surface area contributed by atoms with Crippen molar-refractivity contribution < 1.29 is 0 Å². The summed E-state index contributed by atoms with van der Waals surface area (Å²) in [5.74, 6) is 0.455. The minimum Gasteiger partial charge on any atom is -0.400 e. The van der Waals surface area contributed by atoms with Crippen LogP contribution in [-0.2, 0) is 16.2 Å². The zero-order valence-corrected chi connectivity index (χ0v) is 40.8. The molecule has 3 aliphatic heterocycles. The van der Waals surface area contributed by atoms with Crippen molar-refractivity contribution in [1.82, 2.24) is 0 Å². The predicted octanol–water partition coefficient (Wildman–Crippen LogP) is 16.1. The van der Waals surface area contributed by atoms with Gasteiger partial charge in [0.2, 0.25) is 0 Å². The molecule has 2 nitrogen and oxygen atoms in total. The molecule has 1 fully saturated rings. The standard InChI is InChI=1S/C61H61BN2S/c1-37(2)40-23-26-54-45(29-40)46-35-52-50(36-55(46)65-54)62-56-47(48-33-43(59(6,7)8)34-49-57(48)64(62)61(10)28-18-17-27-60(49,61)9)30-41(38-19-13-11-14-20-38)31-53(56)63(52)51-25-24-42(58(3,4)5)32-44(51)39-21-15-12-16-22-39/h11-16,19-26,29-37H,17-18,27-28H2,1-10H3. The first kappa shape index (κ1) is 40.9. The highest BCUT2D eigenvalue weighted by Gasteiger charge is 2.63. The molecule has 0 bridgehead atoms.